The van der Waals surface area contributed by atoms with E-state index in [4.69, 9.17) is 0 Å². The van der Waals surface area contributed by atoms with Gasteiger partial charge in [-0.25, -0.2) is 0 Å². The lowest BCUT2D eigenvalue weighted by atomic mass is 9.77. The van der Waals surface area contributed by atoms with Crippen LogP contribution in [0.25, 0.3) is 0 Å². The number of hydrogen-bond donors (Lipinski definition) is 1. The molecule has 0 amide bonds. The first-order valence-corrected chi connectivity index (χ1v) is 5.86. The fourth-order valence-corrected chi connectivity index (χ4v) is 2.03. The van der Waals surface area contributed by atoms with Crippen LogP contribution in [0.15, 0.2) is 42.0 Å². The number of likely N-dealkylation sites (N-methyl/N-ethyl adjacent to an activating group) is 1. The minimum Gasteiger partial charge on any atom is -0.313 e. The van der Waals surface area contributed by atoms with Crippen molar-refractivity contribution >= 4 is 0 Å². The number of hydrogen-bond acceptors (Lipinski definition) is 1. The third-order valence-corrected chi connectivity index (χ3v) is 3.11. The summed E-state index contributed by atoms with van der Waals surface area (Å²) in [5.74, 6) is 0. The Labute approximate surface area is 99.6 Å². The van der Waals surface area contributed by atoms with E-state index < -0.39 is 0 Å². The van der Waals surface area contributed by atoms with Gasteiger partial charge in [0.25, 0.3) is 0 Å². The summed E-state index contributed by atoms with van der Waals surface area (Å²) >= 11 is 0. The van der Waals surface area contributed by atoms with Gasteiger partial charge in [0.2, 0.25) is 0 Å². The highest BCUT2D eigenvalue weighted by Gasteiger charge is 2.28. The van der Waals surface area contributed by atoms with E-state index in [2.05, 4.69) is 69.4 Å². The number of benzene rings is 1. The molecule has 1 aromatic rings. The highest BCUT2D eigenvalue weighted by Crippen LogP contribution is 2.28. The van der Waals surface area contributed by atoms with Gasteiger partial charge in [0, 0.05) is 11.5 Å². The Morgan fingerprint density at radius 1 is 1.19 bits per heavy atom. The molecule has 1 nitrogen and oxygen atoms in total. The van der Waals surface area contributed by atoms with Gasteiger partial charge in [-0.15, -0.1) is 0 Å². The molecule has 0 aromatic heterocycles. The van der Waals surface area contributed by atoms with Crippen LogP contribution in [-0.4, -0.2) is 13.1 Å². The Bertz CT molecular complexity index is 345. The molecule has 16 heavy (non-hydrogen) atoms. The lowest BCUT2D eigenvalue weighted by Gasteiger charge is -2.33. The highest BCUT2D eigenvalue weighted by atomic mass is 14.9. The molecule has 1 atom stereocenters. The van der Waals surface area contributed by atoms with Gasteiger partial charge in [-0.1, -0.05) is 55.8 Å². The van der Waals surface area contributed by atoms with Crippen LogP contribution < -0.4 is 5.32 Å². The standard InChI is InChI=1S/C15H23N/c1-12(2)11-14(16-5)15(3,4)13-9-7-6-8-10-13/h6-11,14,16H,1-5H3. The molecule has 0 aliphatic rings. The van der Waals surface area contributed by atoms with Crippen LogP contribution in [0.3, 0.4) is 0 Å². The highest BCUT2D eigenvalue weighted by molar-refractivity contribution is 5.28. The first-order valence-electron chi connectivity index (χ1n) is 5.86. The molecule has 0 bridgehead atoms. The molecule has 0 radical (unpaired) electrons. The molecule has 88 valence electrons. The van der Waals surface area contributed by atoms with Crippen molar-refractivity contribution in [2.45, 2.75) is 39.2 Å². The van der Waals surface area contributed by atoms with Crippen molar-refractivity contribution in [3.63, 3.8) is 0 Å². The van der Waals surface area contributed by atoms with Gasteiger partial charge < -0.3 is 5.32 Å². The second kappa shape index (κ2) is 5.31. The second-order valence-electron chi connectivity index (χ2n) is 5.10. The van der Waals surface area contributed by atoms with E-state index in [1.54, 1.807) is 0 Å². The monoisotopic (exact) mass is 217 g/mol. The molecular weight excluding hydrogens is 194 g/mol. The van der Waals surface area contributed by atoms with E-state index in [1.807, 2.05) is 7.05 Å². The van der Waals surface area contributed by atoms with E-state index in [1.165, 1.54) is 11.1 Å². The predicted octanol–water partition coefficient (Wildman–Crippen LogP) is 3.52. The fraction of sp³-hybridized carbons (Fsp3) is 0.467. The minimum atomic E-state index is 0.104. The van der Waals surface area contributed by atoms with Crippen LogP contribution >= 0.6 is 0 Å². The predicted molar refractivity (Wildman–Crippen MR) is 71.7 cm³/mol. The van der Waals surface area contributed by atoms with Gasteiger partial charge in [-0.3, -0.25) is 0 Å². The summed E-state index contributed by atoms with van der Waals surface area (Å²) in [5.41, 5.74) is 2.82. The molecule has 0 saturated heterocycles. The number of allylic oxidation sites excluding steroid dienone is 1. The minimum absolute atomic E-state index is 0.104. The molecule has 1 aromatic carbocycles. The Morgan fingerprint density at radius 3 is 2.19 bits per heavy atom. The van der Waals surface area contributed by atoms with Crippen LogP contribution in [0, 0.1) is 0 Å². The van der Waals surface area contributed by atoms with Gasteiger partial charge in [-0.05, 0) is 26.5 Å². The van der Waals surface area contributed by atoms with Crippen LogP contribution in [0.5, 0.6) is 0 Å². The van der Waals surface area contributed by atoms with Crippen molar-refractivity contribution < 1.29 is 0 Å². The van der Waals surface area contributed by atoms with Gasteiger partial charge in [-0.2, -0.15) is 0 Å². The summed E-state index contributed by atoms with van der Waals surface area (Å²) in [6.07, 6.45) is 2.30. The Kier molecular flexibility index (Phi) is 4.31. The largest absolute Gasteiger partial charge is 0.313 e. The van der Waals surface area contributed by atoms with E-state index in [0.29, 0.717) is 6.04 Å². The third kappa shape index (κ3) is 2.96. The molecule has 1 rings (SSSR count). The Balaban J connectivity index is 3.04. The molecule has 1 heteroatoms. The maximum atomic E-state index is 3.40. The van der Waals surface area contributed by atoms with Crippen molar-refractivity contribution in [2.24, 2.45) is 0 Å². The summed E-state index contributed by atoms with van der Waals surface area (Å²) in [6.45, 7) is 8.85. The van der Waals surface area contributed by atoms with Crippen molar-refractivity contribution in [2.75, 3.05) is 7.05 Å². The molecule has 0 saturated carbocycles. The summed E-state index contributed by atoms with van der Waals surface area (Å²) < 4.78 is 0. The van der Waals surface area contributed by atoms with Crippen molar-refractivity contribution in [3.05, 3.63) is 47.5 Å². The molecule has 0 fully saturated rings. The fourth-order valence-electron chi connectivity index (χ4n) is 2.03. The molecular formula is C15H23N. The van der Waals surface area contributed by atoms with Crippen LogP contribution in [0.2, 0.25) is 0 Å². The zero-order valence-electron chi connectivity index (χ0n) is 11.0. The third-order valence-electron chi connectivity index (χ3n) is 3.11. The van der Waals surface area contributed by atoms with Crippen molar-refractivity contribution in [3.8, 4) is 0 Å². The Hall–Kier alpha value is -1.08. The summed E-state index contributed by atoms with van der Waals surface area (Å²) in [7, 11) is 2.02. The first kappa shape index (κ1) is 13.0. The van der Waals surface area contributed by atoms with Gasteiger partial charge >= 0.3 is 0 Å². The summed E-state index contributed by atoms with van der Waals surface area (Å²) in [6, 6.07) is 11.0. The SMILES string of the molecule is CNC(C=C(C)C)C(C)(C)c1ccccc1. The van der Waals surface area contributed by atoms with Crippen molar-refractivity contribution in [1.29, 1.82) is 0 Å². The lowest BCUT2D eigenvalue weighted by Crippen LogP contribution is -2.41. The van der Waals surface area contributed by atoms with Gasteiger partial charge in [0.1, 0.15) is 0 Å². The molecule has 0 heterocycles. The summed E-state index contributed by atoms with van der Waals surface area (Å²) in [4.78, 5) is 0. The summed E-state index contributed by atoms with van der Waals surface area (Å²) in [5, 5.41) is 3.40. The zero-order valence-corrected chi connectivity index (χ0v) is 11.0. The lowest BCUT2D eigenvalue weighted by molar-refractivity contribution is 0.414. The van der Waals surface area contributed by atoms with Crippen molar-refractivity contribution in [1.82, 2.24) is 5.32 Å². The molecule has 0 spiro atoms. The van der Waals surface area contributed by atoms with E-state index in [9.17, 15) is 0 Å². The van der Waals surface area contributed by atoms with E-state index in [0.717, 1.165) is 0 Å². The second-order valence-corrected chi connectivity index (χ2v) is 5.10. The maximum absolute atomic E-state index is 3.40. The van der Waals surface area contributed by atoms with Crippen LogP contribution in [0.1, 0.15) is 33.3 Å². The molecule has 1 N–H and O–H groups in total. The smallest absolute Gasteiger partial charge is 0.0342 e. The van der Waals surface area contributed by atoms with Crippen LogP contribution in [0.4, 0.5) is 0 Å². The van der Waals surface area contributed by atoms with E-state index in [-0.39, 0.29) is 5.41 Å². The topological polar surface area (TPSA) is 12.0 Å². The number of nitrogens with one attached hydrogen (secondary N) is 1. The average Bonchev–Trinajstić information content (AvgIpc) is 2.26. The molecule has 0 aliphatic carbocycles. The van der Waals surface area contributed by atoms with Gasteiger partial charge in [0.15, 0.2) is 0 Å². The quantitative estimate of drug-likeness (QED) is 0.761. The molecule has 0 aliphatic heterocycles. The van der Waals surface area contributed by atoms with Crippen LogP contribution in [-0.2, 0) is 5.41 Å². The normalized spacial score (nSPS) is 13.3. The number of rotatable bonds is 4. The average molecular weight is 217 g/mol. The first-order chi connectivity index (χ1) is 7.48. The van der Waals surface area contributed by atoms with E-state index >= 15 is 0 Å². The Morgan fingerprint density at radius 2 is 1.75 bits per heavy atom. The van der Waals surface area contributed by atoms with Gasteiger partial charge in [0.05, 0.1) is 0 Å². The molecule has 1 unspecified atom stereocenters. The zero-order chi connectivity index (χ0) is 12.2. The maximum Gasteiger partial charge on any atom is 0.0342 e.